The number of rotatable bonds is 3. The van der Waals surface area contributed by atoms with E-state index in [9.17, 15) is 0 Å². The van der Waals surface area contributed by atoms with E-state index >= 15 is 0 Å². The van der Waals surface area contributed by atoms with E-state index in [1.807, 2.05) is 13.0 Å². The lowest BCUT2D eigenvalue weighted by molar-refractivity contribution is 0.410. The van der Waals surface area contributed by atoms with Gasteiger partial charge in [-0.25, -0.2) is 9.97 Å². The third-order valence-corrected chi connectivity index (χ3v) is 2.90. The Labute approximate surface area is 111 Å². The van der Waals surface area contributed by atoms with Crippen molar-refractivity contribution < 1.29 is 4.74 Å². The van der Waals surface area contributed by atoms with Gasteiger partial charge in [0.25, 0.3) is 0 Å². The number of hydrogen-bond acceptors (Lipinski definition) is 5. The van der Waals surface area contributed by atoms with E-state index < -0.39 is 0 Å². The molecule has 2 aromatic rings. The summed E-state index contributed by atoms with van der Waals surface area (Å²) >= 11 is 0. The molecule has 19 heavy (non-hydrogen) atoms. The summed E-state index contributed by atoms with van der Waals surface area (Å²) < 4.78 is 5.31. The van der Waals surface area contributed by atoms with Gasteiger partial charge < -0.3 is 10.5 Å². The lowest BCUT2D eigenvalue weighted by Crippen LogP contribution is -2.02. The molecule has 0 aliphatic heterocycles. The lowest BCUT2D eigenvalue weighted by Gasteiger charge is -2.10. The fourth-order valence-corrected chi connectivity index (χ4v) is 1.85. The molecule has 0 unspecified atom stereocenters. The van der Waals surface area contributed by atoms with Crippen LogP contribution in [0.3, 0.4) is 0 Å². The largest absolute Gasteiger partial charge is 0.496 e. The molecule has 0 amide bonds. The first kappa shape index (κ1) is 12.8. The van der Waals surface area contributed by atoms with E-state index in [0.29, 0.717) is 17.7 Å². The predicted molar refractivity (Wildman–Crippen MR) is 71.7 cm³/mol. The Morgan fingerprint density at radius 2 is 2.16 bits per heavy atom. The van der Waals surface area contributed by atoms with Crippen molar-refractivity contribution in [3.8, 4) is 11.8 Å². The molecule has 5 heteroatoms. The van der Waals surface area contributed by atoms with Crippen molar-refractivity contribution in [2.45, 2.75) is 13.3 Å². The molecule has 0 saturated carbocycles. The smallest absolute Gasteiger partial charge is 0.220 e. The number of nitriles is 1. The summed E-state index contributed by atoms with van der Waals surface area (Å²) in [6, 6.07) is 7.47. The van der Waals surface area contributed by atoms with Crippen LogP contribution in [0.5, 0.6) is 5.75 Å². The zero-order valence-electron chi connectivity index (χ0n) is 10.8. The number of anilines is 1. The monoisotopic (exact) mass is 254 g/mol. The summed E-state index contributed by atoms with van der Waals surface area (Å²) in [7, 11) is 1.59. The highest BCUT2D eigenvalue weighted by atomic mass is 16.5. The Kier molecular flexibility index (Phi) is 3.62. The van der Waals surface area contributed by atoms with Gasteiger partial charge >= 0.3 is 0 Å². The van der Waals surface area contributed by atoms with Crippen molar-refractivity contribution in [3.63, 3.8) is 0 Å². The number of aromatic nitrogens is 2. The van der Waals surface area contributed by atoms with Gasteiger partial charge in [-0.2, -0.15) is 5.26 Å². The van der Waals surface area contributed by atoms with Crippen molar-refractivity contribution in [1.82, 2.24) is 9.97 Å². The van der Waals surface area contributed by atoms with Crippen LogP contribution in [-0.2, 0) is 6.42 Å². The van der Waals surface area contributed by atoms with Gasteiger partial charge in [0, 0.05) is 18.3 Å². The number of nitrogen functional groups attached to an aromatic ring is 1. The number of methoxy groups -OCH3 is 1. The number of nitrogens with zero attached hydrogens (tertiary/aromatic N) is 3. The normalized spacial score (nSPS) is 9.95. The molecule has 0 radical (unpaired) electrons. The highest BCUT2D eigenvalue weighted by molar-refractivity contribution is 5.45. The molecular weight excluding hydrogens is 240 g/mol. The van der Waals surface area contributed by atoms with Crippen LogP contribution in [0.25, 0.3) is 0 Å². The number of aryl methyl sites for hydroxylation is 1. The fourth-order valence-electron chi connectivity index (χ4n) is 1.85. The fraction of sp³-hybridized carbons (Fsp3) is 0.214. The number of hydrogen-bond donors (Lipinski definition) is 1. The molecule has 2 rings (SSSR count). The van der Waals surface area contributed by atoms with Gasteiger partial charge in [0.2, 0.25) is 5.95 Å². The van der Waals surface area contributed by atoms with Gasteiger partial charge in [-0.1, -0.05) is 6.07 Å². The zero-order chi connectivity index (χ0) is 13.8. The van der Waals surface area contributed by atoms with E-state index in [-0.39, 0.29) is 5.95 Å². The highest BCUT2D eigenvalue weighted by Gasteiger charge is 2.08. The molecule has 1 heterocycles. The van der Waals surface area contributed by atoms with Crippen LogP contribution in [0, 0.1) is 18.3 Å². The number of benzene rings is 1. The summed E-state index contributed by atoms with van der Waals surface area (Å²) in [4.78, 5) is 8.13. The van der Waals surface area contributed by atoms with Crippen LogP contribution in [0.15, 0.2) is 24.4 Å². The molecule has 0 fully saturated rings. The molecule has 0 spiro atoms. The minimum atomic E-state index is 0.271. The molecule has 0 aliphatic rings. The third-order valence-electron chi connectivity index (χ3n) is 2.90. The topological polar surface area (TPSA) is 84.8 Å². The lowest BCUT2D eigenvalue weighted by atomic mass is 10.0. The van der Waals surface area contributed by atoms with Crippen LogP contribution in [-0.4, -0.2) is 17.1 Å². The molecule has 0 saturated heterocycles. The second kappa shape index (κ2) is 5.36. The minimum absolute atomic E-state index is 0.271. The molecule has 1 aromatic carbocycles. The first-order valence-electron chi connectivity index (χ1n) is 5.79. The molecule has 0 aliphatic carbocycles. The van der Waals surface area contributed by atoms with E-state index in [1.54, 1.807) is 25.4 Å². The van der Waals surface area contributed by atoms with Crippen LogP contribution < -0.4 is 10.5 Å². The second-order valence-corrected chi connectivity index (χ2v) is 4.15. The number of ether oxygens (including phenoxy) is 1. The first-order chi connectivity index (χ1) is 9.13. The Hall–Kier alpha value is -2.61. The summed E-state index contributed by atoms with van der Waals surface area (Å²) in [6.07, 6.45) is 2.36. The molecule has 2 N–H and O–H groups in total. The quantitative estimate of drug-likeness (QED) is 0.903. The maximum Gasteiger partial charge on any atom is 0.220 e. The van der Waals surface area contributed by atoms with Crippen LogP contribution in [0.1, 0.15) is 22.4 Å². The first-order valence-corrected chi connectivity index (χ1v) is 5.79. The number of nitrogens with two attached hydrogens (primary N) is 1. The average Bonchev–Trinajstić information content (AvgIpc) is 2.42. The molecule has 96 valence electrons. The van der Waals surface area contributed by atoms with Gasteiger partial charge in [0.05, 0.1) is 18.7 Å². The van der Waals surface area contributed by atoms with E-state index in [1.165, 1.54) is 0 Å². The maximum absolute atomic E-state index is 8.87. The van der Waals surface area contributed by atoms with Gasteiger partial charge in [-0.15, -0.1) is 0 Å². The standard InChI is InChI=1S/C14H14N4O/c1-9-12(8-17-14(16)18-9)6-11-4-3-10(7-15)5-13(11)19-2/h3-5,8H,6H2,1-2H3,(H2,16,17,18). The summed E-state index contributed by atoms with van der Waals surface area (Å²) in [5.41, 5.74) is 8.92. The summed E-state index contributed by atoms with van der Waals surface area (Å²) in [5.74, 6) is 0.961. The zero-order valence-corrected chi connectivity index (χ0v) is 10.8. The highest BCUT2D eigenvalue weighted by Crippen LogP contribution is 2.23. The Balaban J connectivity index is 2.35. The Morgan fingerprint density at radius 1 is 1.37 bits per heavy atom. The molecular formula is C14H14N4O. The van der Waals surface area contributed by atoms with Crippen LogP contribution >= 0.6 is 0 Å². The second-order valence-electron chi connectivity index (χ2n) is 4.15. The van der Waals surface area contributed by atoms with Gasteiger partial charge in [0.15, 0.2) is 0 Å². The Morgan fingerprint density at radius 3 is 2.79 bits per heavy atom. The molecule has 5 nitrogen and oxygen atoms in total. The van der Waals surface area contributed by atoms with Crippen molar-refractivity contribution in [3.05, 3.63) is 46.8 Å². The molecule has 0 bridgehead atoms. The van der Waals surface area contributed by atoms with Crippen LogP contribution in [0.2, 0.25) is 0 Å². The molecule has 0 atom stereocenters. The van der Waals surface area contributed by atoms with Crippen molar-refractivity contribution in [2.75, 3.05) is 12.8 Å². The van der Waals surface area contributed by atoms with Crippen molar-refractivity contribution in [2.24, 2.45) is 0 Å². The molecule has 1 aromatic heterocycles. The van der Waals surface area contributed by atoms with Crippen molar-refractivity contribution in [1.29, 1.82) is 5.26 Å². The average molecular weight is 254 g/mol. The summed E-state index contributed by atoms with van der Waals surface area (Å²) in [6.45, 7) is 1.89. The predicted octanol–water partition coefficient (Wildman–Crippen LogP) is 1.84. The van der Waals surface area contributed by atoms with E-state index in [2.05, 4.69) is 16.0 Å². The van der Waals surface area contributed by atoms with Crippen LogP contribution in [0.4, 0.5) is 5.95 Å². The van der Waals surface area contributed by atoms with E-state index in [4.69, 9.17) is 15.7 Å². The van der Waals surface area contributed by atoms with Gasteiger partial charge in [-0.3, -0.25) is 0 Å². The minimum Gasteiger partial charge on any atom is -0.496 e. The van der Waals surface area contributed by atoms with Crippen molar-refractivity contribution >= 4 is 5.95 Å². The third kappa shape index (κ3) is 2.80. The maximum atomic E-state index is 8.87. The van der Waals surface area contributed by atoms with E-state index in [0.717, 1.165) is 16.8 Å². The van der Waals surface area contributed by atoms with Gasteiger partial charge in [0.1, 0.15) is 5.75 Å². The Bertz CT molecular complexity index is 646. The SMILES string of the molecule is COc1cc(C#N)ccc1Cc1cnc(N)nc1C. The summed E-state index contributed by atoms with van der Waals surface area (Å²) in [5, 5.41) is 8.87. The van der Waals surface area contributed by atoms with Gasteiger partial charge in [-0.05, 0) is 30.2 Å².